The molecule has 0 saturated carbocycles. The molecule has 1 aliphatic rings. The van der Waals surface area contributed by atoms with E-state index in [1.54, 1.807) is 0 Å². The zero-order valence-corrected chi connectivity index (χ0v) is 23.3. The van der Waals surface area contributed by atoms with Crippen molar-refractivity contribution >= 4 is 11.5 Å². The van der Waals surface area contributed by atoms with Gasteiger partial charge in [0.2, 0.25) is 0 Å². The van der Waals surface area contributed by atoms with Gasteiger partial charge in [-0.05, 0) is 75.0 Å². The summed E-state index contributed by atoms with van der Waals surface area (Å²) in [5, 5.41) is 4.46. The fraction of sp³-hybridized carbons (Fsp3) is 0.346. The molecule has 0 fully saturated rings. The van der Waals surface area contributed by atoms with Gasteiger partial charge in [-0.15, -0.1) is 6.54 Å². The molecule has 1 atom stereocenters. The minimum absolute atomic E-state index is 0. The van der Waals surface area contributed by atoms with Gasteiger partial charge < -0.3 is 34.9 Å². The van der Waals surface area contributed by atoms with Gasteiger partial charge in [0.15, 0.2) is 0 Å². The van der Waals surface area contributed by atoms with Crippen LogP contribution in [0, 0.1) is 26.7 Å². The zero-order valence-electron chi connectivity index (χ0n) is 19.4. The molecule has 3 rings (SSSR count). The smallest absolute Gasteiger partial charge is 1.00 e. The first-order valence-electron chi connectivity index (χ1n) is 9.98. The number of benzene rings is 2. The van der Waals surface area contributed by atoms with E-state index in [1.807, 2.05) is 19.9 Å². The van der Waals surface area contributed by atoms with Crippen LogP contribution in [0.25, 0.3) is 10.9 Å². The number of hydrogen-bond donors (Lipinski definition) is 0. The van der Waals surface area contributed by atoms with Gasteiger partial charge in [0.05, 0.1) is 5.91 Å². The molecule has 1 radical (unpaired) electrons. The van der Waals surface area contributed by atoms with Crippen molar-refractivity contribution in [1.82, 2.24) is 0 Å². The molecule has 0 saturated heterocycles. The largest absolute Gasteiger partial charge is 3.00 e. The van der Waals surface area contributed by atoms with Crippen molar-refractivity contribution in [3.63, 3.8) is 0 Å². The quantitative estimate of drug-likeness (QED) is 0.578. The first-order chi connectivity index (χ1) is 13.2. The second-order valence-corrected chi connectivity index (χ2v) is 8.12. The average Bonchev–Trinajstić information content (AvgIpc) is 2.82. The van der Waals surface area contributed by atoms with Crippen LogP contribution in [-0.4, -0.2) is 5.91 Å². The van der Waals surface area contributed by atoms with E-state index in [0.29, 0.717) is 12.5 Å². The number of halogens is 2. The van der Waals surface area contributed by atoms with Gasteiger partial charge in [0.25, 0.3) is 0 Å². The van der Waals surface area contributed by atoms with Crippen molar-refractivity contribution in [2.24, 2.45) is 5.92 Å². The Labute approximate surface area is 218 Å². The maximum Gasteiger partial charge on any atom is 3.00 e. The van der Waals surface area contributed by atoms with Crippen LogP contribution in [0.2, 0.25) is 0 Å². The minimum Gasteiger partial charge on any atom is -1.00 e. The monoisotopic (exact) mass is 532 g/mol. The summed E-state index contributed by atoms with van der Waals surface area (Å²) in [6.07, 6.45) is 0. The number of carbonyl (C=O) groups is 1. The Morgan fingerprint density at radius 3 is 1.97 bits per heavy atom. The maximum atomic E-state index is 12.8. The molecule has 2 aromatic carbocycles. The summed E-state index contributed by atoms with van der Waals surface area (Å²) in [4.78, 5) is 12.8. The summed E-state index contributed by atoms with van der Waals surface area (Å²) in [7, 11) is 0. The predicted molar refractivity (Wildman–Crippen MR) is 119 cm³/mol. The van der Waals surface area contributed by atoms with Crippen LogP contribution >= 0.6 is 0 Å². The SMILES string of the molecule is CC1=C(C)C(C)C(c2ccccc2C[N-]C(=O)c2c(C)cc(C)cc2C)=C1C.[Cl-].[Cl-].[Zr+3]. The van der Waals surface area contributed by atoms with Crippen molar-refractivity contribution in [3.8, 4) is 0 Å². The third kappa shape index (κ3) is 6.01. The van der Waals surface area contributed by atoms with Crippen LogP contribution < -0.4 is 24.8 Å². The van der Waals surface area contributed by atoms with E-state index >= 15 is 0 Å². The number of carbonyl (C=O) groups excluding carboxylic acids is 1. The molecule has 1 amide bonds. The molecule has 2 aromatic rings. The molecule has 1 unspecified atom stereocenters. The standard InChI is InChI=1S/C26H31NO.2ClH.Zr/c1-15-12-16(2)24(17(3)13-15)26(28)27-14-22-10-8-9-11-23(22)25-20(6)18(4)19(5)21(25)7;;;/h8-13,20H,14H2,1-7H3,(H,27,28);2*1H;/q;;;+3/p-3. The first-order valence-corrected chi connectivity index (χ1v) is 9.98. The molecule has 0 aliphatic heterocycles. The van der Waals surface area contributed by atoms with Crippen LogP contribution in [0.15, 0.2) is 53.1 Å². The normalized spacial score (nSPS) is 15.1. The number of amides is 1. The van der Waals surface area contributed by atoms with Crippen molar-refractivity contribution in [3.05, 3.63) is 91.8 Å². The van der Waals surface area contributed by atoms with Gasteiger partial charge in [-0.2, -0.15) is 0 Å². The maximum absolute atomic E-state index is 12.8. The molecular formula is C26H30Cl2NOZr. The van der Waals surface area contributed by atoms with Crippen molar-refractivity contribution < 1.29 is 55.8 Å². The van der Waals surface area contributed by atoms with Crippen LogP contribution in [0.3, 0.4) is 0 Å². The molecular weight excluding hydrogens is 504 g/mol. The summed E-state index contributed by atoms with van der Waals surface area (Å²) in [5.41, 5.74) is 11.8. The second-order valence-electron chi connectivity index (χ2n) is 8.12. The fourth-order valence-electron chi connectivity index (χ4n) is 4.47. The summed E-state index contributed by atoms with van der Waals surface area (Å²) >= 11 is 0. The zero-order chi connectivity index (χ0) is 20.6. The topological polar surface area (TPSA) is 31.2 Å². The Morgan fingerprint density at radius 1 is 0.903 bits per heavy atom. The van der Waals surface area contributed by atoms with Crippen molar-refractivity contribution in [1.29, 1.82) is 0 Å². The Morgan fingerprint density at radius 2 is 1.45 bits per heavy atom. The van der Waals surface area contributed by atoms with Crippen molar-refractivity contribution in [2.75, 3.05) is 0 Å². The van der Waals surface area contributed by atoms with E-state index < -0.39 is 0 Å². The number of aryl methyl sites for hydroxylation is 3. The van der Waals surface area contributed by atoms with Gasteiger partial charge >= 0.3 is 26.2 Å². The van der Waals surface area contributed by atoms with Crippen molar-refractivity contribution in [2.45, 2.75) is 55.0 Å². The van der Waals surface area contributed by atoms with E-state index in [2.05, 4.69) is 70.3 Å². The molecule has 31 heavy (non-hydrogen) atoms. The van der Waals surface area contributed by atoms with Gasteiger partial charge in [0, 0.05) is 11.5 Å². The van der Waals surface area contributed by atoms with Gasteiger partial charge in [-0.25, -0.2) is 0 Å². The van der Waals surface area contributed by atoms with Gasteiger partial charge in [0.1, 0.15) is 0 Å². The predicted octanol–water partition coefficient (Wildman–Crippen LogP) is 1.09. The van der Waals surface area contributed by atoms with E-state index in [1.165, 1.54) is 33.4 Å². The van der Waals surface area contributed by atoms with E-state index in [4.69, 9.17) is 0 Å². The van der Waals surface area contributed by atoms with Gasteiger partial charge in [-0.3, -0.25) is 0 Å². The Kier molecular flexibility index (Phi) is 11.7. The van der Waals surface area contributed by atoms with Crippen LogP contribution in [0.4, 0.5) is 0 Å². The Hall–Kier alpha value is -1.15. The molecule has 163 valence electrons. The molecule has 0 bridgehead atoms. The molecule has 2 nitrogen and oxygen atoms in total. The second kappa shape index (κ2) is 12.2. The fourth-order valence-corrected chi connectivity index (χ4v) is 4.47. The minimum atomic E-state index is -0.125. The summed E-state index contributed by atoms with van der Waals surface area (Å²) in [6.45, 7) is 15.3. The molecule has 5 heteroatoms. The van der Waals surface area contributed by atoms with Gasteiger partial charge in [-0.1, -0.05) is 60.0 Å². The van der Waals surface area contributed by atoms with E-state index in [-0.39, 0.29) is 56.9 Å². The Balaban J connectivity index is 0.00000300. The van der Waals surface area contributed by atoms with E-state index in [0.717, 1.165) is 22.3 Å². The van der Waals surface area contributed by atoms with E-state index in [9.17, 15) is 4.79 Å². The summed E-state index contributed by atoms with van der Waals surface area (Å²) in [5.74, 6) is 0.277. The number of allylic oxidation sites excluding steroid dienone is 4. The summed E-state index contributed by atoms with van der Waals surface area (Å²) in [6, 6.07) is 12.5. The third-order valence-corrected chi connectivity index (χ3v) is 6.23. The molecule has 0 N–H and O–H groups in total. The molecule has 0 aromatic heterocycles. The van der Waals surface area contributed by atoms with Crippen LogP contribution in [-0.2, 0) is 32.7 Å². The average molecular weight is 535 g/mol. The first kappa shape index (κ1) is 29.9. The third-order valence-electron chi connectivity index (χ3n) is 6.23. The molecule has 0 heterocycles. The number of nitrogens with zero attached hydrogens (tertiary/aromatic N) is 1. The van der Waals surface area contributed by atoms with Crippen LogP contribution in [0.5, 0.6) is 0 Å². The molecule has 1 aliphatic carbocycles. The summed E-state index contributed by atoms with van der Waals surface area (Å²) < 4.78 is 0. The number of hydrogen-bond acceptors (Lipinski definition) is 1. The number of rotatable bonds is 4. The van der Waals surface area contributed by atoms with Crippen LogP contribution in [0.1, 0.15) is 65.9 Å². The Bertz CT molecular complexity index is 1000. The molecule has 0 spiro atoms.